The molecule has 1 N–H and O–H groups in total. The first-order chi connectivity index (χ1) is 10.1. The molecule has 1 aliphatic rings. The Hall–Kier alpha value is -1.86. The van der Waals surface area contributed by atoms with Crippen LogP contribution in [0.2, 0.25) is 0 Å². The molecule has 0 spiro atoms. The van der Waals surface area contributed by atoms with Crippen LogP contribution in [0.25, 0.3) is 5.65 Å². The van der Waals surface area contributed by atoms with Gasteiger partial charge in [-0.25, -0.2) is 9.78 Å². The number of aromatic nitrogens is 2. The molecule has 3 heterocycles. The van der Waals surface area contributed by atoms with Crippen molar-refractivity contribution in [3.8, 4) is 0 Å². The number of aryl methyl sites for hydroxylation is 1. The molecule has 1 saturated heterocycles. The molecule has 3 rings (SSSR count). The molecular formula is C15H19BN2O4. The molecule has 116 valence electrons. The van der Waals surface area contributed by atoms with E-state index in [9.17, 15) is 4.79 Å². The molecule has 0 aromatic carbocycles. The van der Waals surface area contributed by atoms with Gasteiger partial charge < -0.3 is 18.8 Å². The first-order valence-electron chi connectivity index (χ1n) is 7.19. The summed E-state index contributed by atoms with van der Waals surface area (Å²) in [6.45, 7) is 9.94. The van der Waals surface area contributed by atoms with E-state index in [4.69, 9.17) is 14.4 Å². The first kappa shape index (κ1) is 15.1. The van der Waals surface area contributed by atoms with Crippen LogP contribution in [0.1, 0.15) is 43.7 Å². The van der Waals surface area contributed by atoms with Gasteiger partial charge in [0, 0.05) is 17.9 Å². The summed E-state index contributed by atoms with van der Waals surface area (Å²) in [4.78, 5) is 15.1. The van der Waals surface area contributed by atoms with Gasteiger partial charge in [-0.3, -0.25) is 0 Å². The summed E-state index contributed by atoms with van der Waals surface area (Å²) in [5.41, 5.74) is 1.61. The van der Waals surface area contributed by atoms with Crippen LogP contribution in [0, 0.1) is 6.92 Å². The number of hydrogen-bond donors (Lipinski definition) is 1. The maximum absolute atomic E-state index is 11.0. The van der Waals surface area contributed by atoms with Gasteiger partial charge in [0.05, 0.1) is 11.2 Å². The van der Waals surface area contributed by atoms with E-state index in [0.717, 1.165) is 11.0 Å². The average Bonchev–Trinajstić information content (AvgIpc) is 2.87. The highest BCUT2D eigenvalue weighted by molar-refractivity contribution is 6.62. The molecule has 1 aliphatic heterocycles. The van der Waals surface area contributed by atoms with Crippen LogP contribution in [0.4, 0.5) is 0 Å². The maximum Gasteiger partial charge on any atom is 0.496 e. The molecule has 0 aliphatic carbocycles. The van der Waals surface area contributed by atoms with Crippen LogP contribution in [0.5, 0.6) is 0 Å². The standard InChI is InChI=1S/C15H19BN2O4/c1-9-6-12-17-11(13(19)20)8-18(12)7-10(9)16-21-14(2,3)15(4,5)22-16/h6-8H,1-5H3,(H,19,20). The van der Waals surface area contributed by atoms with Crippen molar-refractivity contribution in [1.29, 1.82) is 0 Å². The van der Waals surface area contributed by atoms with Gasteiger partial charge in [-0.15, -0.1) is 0 Å². The second-order valence-corrected chi connectivity index (χ2v) is 6.70. The zero-order valence-corrected chi connectivity index (χ0v) is 13.4. The monoisotopic (exact) mass is 302 g/mol. The minimum Gasteiger partial charge on any atom is -0.476 e. The Bertz CT molecular complexity index is 750. The number of aromatic carboxylic acids is 1. The van der Waals surface area contributed by atoms with Crippen molar-refractivity contribution in [2.45, 2.75) is 45.8 Å². The van der Waals surface area contributed by atoms with Gasteiger partial charge in [0.1, 0.15) is 5.65 Å². The minimum absolute atomic E-state index is 0.0190. The number of carboxylic acid groups (broad SMARTS) is 1. The molecule has 2 aromatic rings. The third kappa shape index (κ3) is 2.21. The fourth-order valence-corrected chi connectivity index (χ4v) is 2.47. The summed E-state index contributed by atoms with van der Waals surface area (Å²) in [6, 6.07) is 1.84. The van der Waals surface area contributed by atoms with Gasteiger partial charge >= 0.3 is 13.1 Å². The summed E-state index contributed by atoms with van der Waals surface area (Å²) in [5.74, 6) is -1.04. The topological polar surface area (TPSA) is 73.1 Å². The summed E-state index contributed by atoms with van der Waals surface area (Å²) >= 11 is 0. The molecular weight excluding hydrogens is 283 g/mol. The van der Waals surface area contributed by atoms with Crippen LogP contribution >= 0.6 is 0 Å². The number of pyridine rings is 1. The second-order valence-electron chi connectivity index (χ2n) is 6.70. The first-order valence-corrected chi connectivity index (χ1v) is 7.19. The minimum atomic E-state index is -1.04. The zero-order valence-electron chi connectivity index (χ0n) is 13.4. The van der Waals surface area contributed by atoms with Crippen LogP contribution in [0.15, 0.2) is 18.5 Å². The number of rotatable bonds is 2. The van der Waals surface area contributed by atoms with Gasteiger partial charge in [0.2, 0.25) is 0 Å². The van der Waals surface area contributed by atoms with E-state index < -0.39 is 24.3 Å². The Morgan fingerprint density at radius 3 is 2.36 bits per heavy atom. The summed E-state index contributed by atoms with van der Waals surface area (Å²) in [7, 11) is -0.481. The third-order valence-electron chi connectivity index (χ3n) is 4.57. The fraction of sp³-hybridized carbons (Fsp3) is 0.467. The summed E-state index contributed by atoms with van der Waals surface area (Å²) < 4.78 is 13.8. The number of carboxylic acids is 1. The Labute approximate surface area is 129 Å². The Kier molecular flexibility index (Phi) is 3.13. The Morgan fingerprint density at radius 2 is 1.82 bits per heavy atom. The van der Waals surface area contributed by atoms with Crippen molar-refractivity contribution in [2.75, 3.05) is 0 Å². The molecule has 6 nitrogen and oxygen atoms in total. The molecule has 0 atom stereocenters. The van der Waals surface area contributed by atoms with Crippen molar-refractivity contribution in [3.05, 3.63) is 29.7 Å². The number of nitrogens with zero attached hydrogens (tertiary/aromatic N) is 2. The summed E-state index contributed by atoms with van der Waals surface area (Å²) in [6.07, 6.45) is 3.32. The highest BCUT2D eigenvalue weighted by atomic mass is 16.7. The lowest BCUT2D eigenvalue weighted by atomic mass is 9.77. The van der Waals surface area contributed by atoms with Crippen LogP contribution < -0.4 is 5.46 Å². The van der Waals surface area contributed by atoms with Crippen molar-refractivity contribution in [3.63, 3.8) is 0 Å². The van der Waals surface area contributed by atoms with E-state index in [2.05, 4.69) is 4.98 Å². The predicted molar refractivity (Wildman–Crippen MR) is 82.6 cm³/mol. The Morgan fingerprint density at radius 1 is 1.23 bits per heavy atom. The Balaban J connectivity index is 2.05. The van der Waals surface area contributed by atoms with E-state index >= 15 is 0 Å². The molecule has 0 amide bonds. The molecule has 0 bridgehead atoms. The van der Waals surface area contributed by atoms with Gasteiger partial charge in [0.15, 0.2) is 5.69 Å². The zero-order chi connectivity index (χ0) is 16.3. The lowest BCUT2D eigenvalue weighted by molar-refractivity contribution is 0.00578. The molecule has 2 aromatic heterocycles. The van der Waals surface area contributed by atoms with E-state index in [1.54, 1.807) is 4.40 Å². The van der Waals surface area contributed by atoms with E-state index in [1.807, 2.05) is 46.9 Å². The van der Waals surface area contributed by atoms with Crippen LogP contribution in [0.3, 0.4) is 0 Å². The van der Waals surface area contributed by atoms with Gasteiger partial charge in [-0.1, -0.05) is 0 Å². The van der Waals surface area contributed by atoms with Crippen molar-refractivity contribution >= 4 is 24.2 Å². The predicted octanol–water partition coefficient (Wildman–Crippen LogP) is 1.64. The van der Waals surface area contributed by atoms with Gasteiger partial charge in [0.25, 0.3) is 0 Å². The summed E-state index contributed by atoms with van der Waals surface area (Å²) in [5, 5.41) is 9.05. The molecule has 7 heteroatoms. The largest absolute Gasteiger partial charge is 0.496 e. The van der Waals surface area contributed by atoms with Crippen molar-refractivity contribution in [1.82, 2.24) is 9.38 Å². The molecule has 0 radical (unpaired) electrons. The fourth-order valence-electron chi connectivity index (χ4n) is 2.47. The van der Waals surface area contributed by atoms with Crippen LogP contribution in [-0.2, 0) is 9.31 Å². The van der Waals surface area contributed by atoms with E-state index in [0.29, 0.717) is 5.65 Å². The van der Waals surface area contributed by atoms with E-state index in [-0.39, 0.29) is 5.69 Å². The lowest BCUT2D eigenvalue weighted by Crippen LogP contribution is -2.41. The number of fused-ring (bicyclic) bond motifs is 1. The molecule has 1 fully saturated rings. The lowest BCUT2D eigenvalue weighted by Gasteiger charge is -2.32. The average molecular weight is 302 g/mol. The van der Waals surface area contributed by atoms with E-state index in [1.165, 1.54) is 6.20 Å². The molecule has 0 saturated carbocycles. The molecule has 0 unspecified atom stereocenters. The number of imidazole rings is 1. The van der Waals surface area contributed by atoms with Crippen molar-refractivity contribution in [2.24, 2.45) is 0 Å². The second kappa shape index (κ2) is 4.57. The highest BCUT2D eigenvalue weighted by Gasteiger charge is 2.52. The van der Waals surface area contributed by atoms with Gasteiger partial charge in [-0.05, 0) is 46.2 Å². The third-order valence-corrected chi connectivity index (χ3v) is 4.57. The normalized spacial score (nSPS) is 19.8. The number of carbonyl (C=O) groups is 1. The highest BCUT2D eigenvalue weighted by Crippen LogP contribution is 2.36. The number of hydrogen-bond acceptors (Lipinski definition) is 4. The van der Waals surface area contributed by atoms with Crippen molar-refractivity contribution < 1.29 is 19.2 Å². The smallest absolute Gasteiger partial charge is 0.476 e. The molecule has 22 heavy (non-hydrogen) atoms. The van der Waals surface area contributed by atoms with Gasteiger partial charge in [-0.2, -0.15) is 0 Å². The quantitative estimate of drug-likeness (QED) is 0.854. The van der Waals surface area contributed by atoms with Crippen LogP contribution in [-0.4, -0.2) is 38.8 Å². The maximum atomic E-state index is 11.0. The SMILES string of the molecule is Cc1cc2nc(C(=O)O)cn2cc1B1OC(C)(C)C(C)(C)O1.